The van der Waals surface area contributed by atoms with Crippen molar-refractivity contribution in [1.29, 1.82) is 0 Å². The minimum atomic E-state index is -1.21. The van der Waals surface area contributed by atoms with Crippen LogP contribution in [0.5, 0.6) is 17.2 Å². The molecule has 1 saturated heterocycles. The molecule has 6 rings (SSSR count). The number of nitrogens with one attached hydrogen (secondary N) is 3. The Kier molecular flexibility index (Phi) is 9.72. The van der Waals surface area contributed by atoms with Gasteiger partial charge in [0, 0.05) is 36.5 Å². The van der Waals surface area contributed by atoms with Crippen molar-refractivity contribution in [2.45, 2.75) is 56.8 Å². The summed E-state index contributed by atoms with van der Waals surface area (Å²) in [5.41, 5.74) is 1.80. The lowest BCUT2D eigenvalue weighted by molar-refractivity contribution is -0.145. The number of ketones is 1. The normalized spacial score (nSPS) is 19.2. The van der Waals surface area contributed by atoms with Crippen LogP contribution in [0.25, 0.3) is 0 Å². The molecule has 0 unspecified atom stereocenters. The summed E-state index contributed by atoms with van der Waals surface area (Å²) >= 11 is 5.93. The average Bonchev–Trinajstić information content (AvgIpc) is 3.81. The number of halogens is 1. The van der Waals surface area contributed by atoms with E-state index in [1.807, 2.05) is 24.3 Å². The second kappa shape index (κ2) is 14.3. The largest absolute Gasteiger partial charge is 0.484 e. The zero-order chi connectivity index (χ0) is 32.9. The number of carbonyl (C=O) groups excluding carboxylic acids is 5. The monoisotopic (exact) mass is 658 g/mol. The third kappa shape index (κ3) is 8.10. The molecule has 0 aromatic heterocycles. The van der Waals surface area contributed by atoms with E-state index in [2.05, 4.69) is 16.0 Å². The maximum absolute atomic E-state index is 13.9. The molecule has 1 saturated carbocycles. The highest BCUT2D eigenvalue weighted by Crippen LogP contribution is 2.27. The number of hydrogen-bond acceptors (Lipinski definition) is 7. The van der Waals surface area contributed by atoms with Crippen molar-refractivity contribution in [2.24, 2.45) is 5.92 Å². The van der Waals surface area contributed by atoms with Gasteiger partial charge in [0.15, 0.2) is 6.61 Å². The van der Waals surface area contributed by atoms with E-state index >= 15 is 0 Å². The van der Waals surface area contributed by atoms with Crippen LogP contribution in [0.3, 0.4) is 0 Å². The molecule has 2 aliphatic heterocycles. The van der Waals surface area contributed by atoms with Crippen LogP contribution in [-0.4, -0.2) is 65.6 Å². The van der Waals surface area contributed by atoms with E-state index in [1.54, 1.807) is 48.5 Å². The van der Waals surface area contributed by atoms with E-state index in [1.165, 1.54) is 4.90 Å². The SMILES string of the molecule is O=C(NC1CC1)C(=O)[C@H](C[C@@H]1CCNC1=O)NC(=O)[C@@H]1Cc2ccccc2CN1C(=O)COc1ccc(Oc2ccc(Cl)cc2)cc1. The summed E-state index contributed by atoms with van der Waals surface area (Å²) < 4.78 is 11.6. The van der Waals surface area contributed by atoms with Crippen LogP contribution >= 0.6 is 11.6 Å². The predicted octanol–water partition coefficient (Wildman–Crippen LogP) is 3.32. The second-order valence-electron chi connectivity index (χ2n) is 12.0. The summed E-state index contributed by atoms with van der Waals surface area (Å²) in [5.74, 6) is -1.70. The molecule has 0 spiro atoms. The van der Waals surface area contributed by atoms with Crippen LogP contribution in [-0.2, 0) is 36.9 Å². The Morgan fingerprint density at radius 3 is 2.21 bits per heavy atom. The van der Waals surface area contributed by atoms with Gasteiger partial charge in [-0.2, -0.15) is 0 Å². The fourth-order valence-electron chi connectivity index (χ4n) is 5.79. The zero-order valence-electron chi connectivity index (χ0n) is 25.6. The molecule has 3 aromatic carbocycles. The molecule has 1 aliphatic carbocycles. The summed E-state index contributed by atoms with van der Waals surface area (Å²) in [6, 6.07) is 19.0. The van der Waals surface area contributed by atoms with Gasteiger partial charge >= 0.3 is 0 Å². The first kappa shape index (κ1) is 32.1. The minimum Gasteiger partial charge on any atom is -0.484 e. The van der Waals surface area contributed by atoms with Crippen molar-refractivity contribution < 1.29 is 33.4 Å². The van der Waals surface area contributed by atoms with Gasteiger partial charge in [-0.3, -0.25) is 24.0 Å². The van der Waals surface area contributed by atoms with Crippen LogP contribution in [0.2, 0.25) is 5.02 Å². The van der Waals surface area contributed by atoms with Gasteiger partial charge in [-0.25, -0.2) is 0 Å². The molecule has 0 radical (unpaired) electrons. The van der Waals surface area contributed by atoms with Crippen molar-refractivity contribution in [3.05, 3.63) is 88.9 Å². The van der Waals surface area contributed by atoms with Crippen molar-refractivity contribution in [2.75, 3.05) is 13.2 Å². The van der Waals surface area contributed by atoms with Crippen LogP contribution in [0.15, 0.2) is 72.8 Å². The number of rotatable bonds is 12. The molecule has 11 nitrogen and oxygen atoms in total. The van der Waals surface area contributed by atoms with E-state index in [0.29, 0.717) is 35.2 Å². The van der Waals surface area contributed by atoms with Gasteiger partial charge in [0.05, 0.1) is 6.04 Å². The molecule has 3 aliphatic rings. The fraction of sp³-hybridized carbons (Fsp3) is 0.343. The molecule has 2 heterocycles. The average molecular weight is 659 g/mol. The van der Waals surface area contributed by atoms with Gasteiger partial charge in [-0.05, 0) is 85.3 Å². The number of benzene rings is 3. The first-order valence-corrected chi connectivity index (χ1v) is 16.1. The van der Waals surface area contributed by atoms with Crippen LogP contribution in [0, 0.1) is 5.92 Å². The van der Waals surface area contributed by atoms with Crippen LogP contribution in [0.1, 0.15) is 36.8 Å². The van der Waals surface area contributed by atoms with Gasteiger partial charge in [0.1, 0.15) is 23.3 Å². The van der Waals surface area contributed by atoms with Crippen molar-refractivity contribution in [1.82, 2.24) is 20.9 Å². The lowest BCUT2D eigenvalue weighted by Gasteiger charge is -2.36. The molecule has 244 valence electrons. The summed E-state index contributed by atoms with van der Waals surface area (Å²) in [5, 5.41) is 8.76. The Morgan fingerprint density at radius 2 is 1.55 bits per heavy atom. The van der Waals surface area contributed by atoms with Gasteiger partial charge in [0.2, 0.25) is 17.6 Å². The van der Waals surface area contributed by atoms with Gasteiger partial charge in [0.25, 0.3) is 11.8 Å². The molecule has 2 fully saturated rings. The molecule has 47 heavy (non-hydrogen) atoms. The van der Waals surface area contributed by atoms with Crippen LogP contribution < -0.4 is 25.4 Å². The van der Waals surface area contributed by atoms with Gasteiger partial charge in [-0.15, -0.1) is 0 Å². The maximum Gasteiger partial charge on any atom is 0.289 e. The minimum absolute atomic E-state index is 0.00736. The standard InChI is InChI=1S/C35H35ClN4O7/c36-24-5-9-27(10-6-24)47-28-13-11-26(12-14-28)46-20-31(41)40-19-23-4-2-1-3-21(23)18-30(40)34(44)39-29(17-22-15-16-37-33(22)43)32(42)35(45)38-25-7-8-25/h1-6,9-14,22,25,29-30H,7-8,15-20H2,(H,37,43)(H,38,45)(H,39,44)/t22-,29-,30-/m0/s1. The Hall–Kier alpha value is -4.90. The number of Topliss-reactive ketones (excluding diaryl/α,β-unsaturated/α-hetero) is 1. The third-order valence-electron chi connectivity index (χ3n) is 8.56. The van der Waals surface area contributed by atoms with Crippen molar-refractivity contribution in [3.63, 3.8) is 0 Å². The quantitative estimate of drug-likeness (QED) is 0.253. The lowest BCUT2D eigenvalue weighted by atomic mass is 9.92. The smallest absolute Gasteiger partial charge is 0.289 e. The summed E-state index contributed by atoms with van der Waals surface area (Å²) in [6.07, 6.45) is 2.29. The molecule has 3 aromatic rings. The molecule has 0 bridgehead atoms. The summed E-state index contributed by atoms with van der Waals surface area (Å²) in [4.78, 5) is 67.2. The zero-order valence-corrected chi connectivity index (χ0v) is 26.3. The number of fused-ring (bicyclic) bond motifs is 1. The first-order chi connectivity index (χ1) is 22.7. The highest BCUT2D eigenvalue weighted by molar-refractivity contribution is 6.38. The van der Waals surface area contributed by atoms with Gasteiger partial charge in [-0.1, -0.05) is 35.9 Å². The first-order valence-electron chi connectivity index (χ1n) is 15.7. The summed E-state index contributed by atoms with van der Waals surface area (Å²) in [6.45, 7) is 0.292. The number of amides is 4. The molecule has 3 atom stereocenters. The molecule has 4 amide bonds. The predicted molar refractivity (Wildman–Crippen MR) is 172 cm³/mol. The number of carbonyl (C=O) groups is 5. The Bertz CT molecular complexity index is 1660. The lowest BCUT2D eigenvalue weighted by Crippen LogP contribution is -2.57. The van der Waals surface area contributed by atoms with E-state index in [9.17, 15) is 24.0 Å². The topological polar surface area (TPSA) is 143 Å². The fourth-order valence-corrected chi connectivity index (χ4v) is 5.91. The molecular weight excluding hydrogens is 624 g/mol. The van der Waals surface area contributed by atoms with Crippen LogP contribution in [0.4, 0.5) is 0 Å². The third-order valence-corrected chi connectivity index (χ3v) is 8.81. The van der Waals surface area contributed by atoms with E-state index in [4.69, 9.17) is 21.1 Å². The molecule has 12 heteroatoms. The number of hydrogen-bond donors (Lipinski definition) is 3. The molecular formula is C35H35ClN4O7. The maximum atomic E-state index is 13.9. The Labute approximate surface area is 276 Å². The van der Waals surface area contributed by atoms with E-state index in [0.717, 1.165) is 24.0 Å². The summed E-state index contributed by atoms with van der Waals surface area (Å²) in [7, 11) is 0. The van der Waals surface area contributed by atoms with E-state index < -0.39 is 41.5 Å². The van der Waals surface area contributed by atoms with Crippen molar-refractivity contribution >= 4 is 41.0 Å². The highest BCUT2D eigenvalue weighted by atomic mass is 35.5. The number of ether oxygens (including phenoxy) is 2. The Balaban J connectivity index is 1.14. The van der Waals surface area contributed by atoms with Gasteiger partial charge < -0.3 is 30.3 Å². The second-order valence-corrected chi connectivity index (χ2v) is 12.4. The highest BCUT2D eigenvalue weighted by Gasteiger charge is 2.40. The van der Waals surface area contributed by atoms with E-state index in [-0.39, 0.29) is 37.9 Å². The van der Waals surface area contributed by atoms with Crippen molar-refractivity contribution in [3.8, 4) is 17.2 Å². The molecule has 3 N–H and O–H groups in total. The number of nitrogens with zero attached hydrogens (tertiary/aromatic N) is 1. The Morgan fingerprint density at radius 1 is 0.894 bits per heavy atom.